The number of nitrogens with zero attached hydrogens (tertiary/aromatic N) is 2. The fourth-order valence-electron chi connectivity index (χ4n) is 2.62. The molecule has 3 amide bonds. The number of methoxy groups -OCH3 is 1. The zero-order chi connectivity index (χ0) is 22.7. The molecule has 1 aliphatic rings. The number of benzene rings is 2. The van der Waals surface area contributed by atoms with Gasteiger partial charge in [-0.1, -0.05) is 23.2 Å². The monoisotopic (exact) mass is 481 g/mol. The second kappa shape index (κ2) is 9.38. The minimum Gasteiger partial charge on any atom is -0.495 e. The highest BCUT2D eigenvalue weighted by Crippen LogP contribution is 2.34. The molecular weight excluding hydrogens is 469 g/mol. The number of anilines is 1. The Labute approximate surface area is 190 Å². The Morgan fingerprint density at radius 1 is 1.23 bits per heavy atom. The molecule has 1 fully saturated rings. The molecule has 1 saturated heterocycles. The maximum atomic E-state index is 12.6. The number of carbonyl (C=O) groups is 3. The molecule has 0 spiro atoms. The summed E-state index contributed by atoms with van der Waals surface area (Å²) < 4.78 is 5.03. The topological polar surface area (TPSA) is 119 Å². The Balaban J connectivity index is 1.74. The minimum absolute atomic E-state index is 0.00677. The van der Waals surface area contributed by atoms with Crippen LogP contribution in [0.15, 0.2) is 41.3 Å². The van der Waals surface area contributed by atoms with Crippen molar-refractivity contribution in [3.8, 4) is 5.75 Å². The molecule has 160 valence electrons. The van der Waals surface area contributed by atoms with Crippen LogP contribution in [0.3, 0.4) is 0 Å². The van der Waals surface area contributed by atoms with E-state index in [9.17, 15) is 24.5 Å². The number of non-ortho nitro benzene ring substituents is 1. The smallest absolute Gasteiger partial charge is 0.294 e. The summed E-state index contributed by atoms with van der Waals surface area (Å²) in [6.45, 7) is -0.520. The van der Waals surface area contributed by atoms with E-state index in [0.717, 1.165) is 4.90 Å². The molecule has 0 saturated carbocycles. The summed E-state index contributed by atoms with van der Waals surface area (Å²) in [6, 6.07) is 8.32. The SMILES string of the molecule is COc1ccc(NC(=O)CN2C(=O)S/C(=C\c3cc([N+](=O)[O-])ccc3Cl)C2=O)cc1Cl. The van der Waals surface area contributed by atoms with Gasteiger partial charge in [0.05, 0.1) is 22.0 Å². The van der Waals surface area contributed by atoms with Gasteiger partial charge in [0.15, 0.2) is 0 Å². The molecule has 0 radical (unpaired) electrons. The Hall–Kier alpha value is -3.08. The van der Waals surface area contributed by atoms with Crippen molar-refractivity contribution >= 4 is 69.5 Å². The maximum Gasteiger partial charge on any atom is 0.294 e. The number of imide groups is 1. The lowest BCUT2D eigenvalue weighted by atomic mass is 10.2. The van der Waals surface area contributed by atoms with Crippen LogP contribution in [0.25, 0.3) is 6.08 Å². The van der Waals surface area contributed by atoms with E-state index in [0.29, 0.717) is 23.2 Å². The van der Waals surface area contributed by atoms with Crippen molar-refractivity contribution in [3.63, 3.8) is 0 Å². The number of rotatable bonds is 6. The molecule has 0 aliphatic carbocycles. The van der Waals surface area contributed by atoms with E-state index in [1.807, 2.05) is 0 Å². The van der Waals surface area contributed by atoms with Gasteiger partial charge >= 0.3 is 0 Å². The molecule has 0 aromatic heterocycles. The second-order valence-electron chi connectivity index (χ2n) is 6.13. The number of hydrogen-bond acceptors (Lipinski definition) is 7. The van der Waals surface area contributed by atoms with Gasteiger partial charge in [-0.3, -0.25) is 29.4 Å². The average Bonchev–Trinajstić information content (AvgIpc) is 2.97. The maximum absolute atomic E-state index is 12.6. The standard InChI is InChI=1S/C19H13Cl2N3O6S/c1-30-15-5-2-11(8-14(15)21)22-17(25)9-23-18(26)16(31-19(23)27)7-10-6-12(24(28)29)3-4-13(10)20/h2-8H,9H2,1H3,(H,22,25)/b16-7-. The van der Waals surface area contributed by atoms with Crippen LogP contribution in [0.2, 0.25) is 10.0 Å². The molecule has 1 aliphatic heterocycles. The zero-order valence-electron chi connectivity index (χ0n) is 15.8. The highest BCUT2D eigenvalue weighted by atomic mass is 35.5. The van der Waals surface area contributed by atoms with E-state index in [-0.39, 0.29) is 26.2 Å². The van der Waals surface area contributed by atoms with Gasteiger partial charge in [0, 0.05) is 28.4 Å². The van der Waals surface area contributed by atoms with Crippen molar-refractivity contribution in [3.05, 3.63) is 67.0 Å². The number of halogens is 2. The first-order valence-electron chi connectivity index (χ1n) is 8.52. The van der Waals surface area contributed by atoms with Crippen molar-refractivity contribution < 1.29 is 24.0 Å². The number of amides is 3. The Morgan fingerprint density at radius 3 is 2.61 bits per heavy atom. The summed E-state index contributed by atoms with van der Waals surface area (Å²) >= 11 is 12.7. The third-order valence-electron chi connectivity index (χ3n) is 4.09. The van der Waals surface area contributed by atoms with E-state index < -0.39 is 28.5 Å². The molecule has 0 bridgehead atoms. The number of ether oxygens (including phenoxy) is 1. The Bertz CT molecular complexity index is 1140. The van der Waals surface area contributed by atoms with Gasteiger partial charge in [-0.15, -0.1) is 0 Å². The van der Waals surface area contributed by atoms with E-state index in [1.165, 1.54) is 37.5 Å². The molecule has 2 aromatic rings. The van der Waals surface area contributed by atoms with E-state index in [4.69, 9.17) is 27.9 Å². The Morgan fingerprint density at radius 2 is 1.97 bits per heavy atom. The van der Waals surface area contributed by atoms with Crippen molar-refractivity contribution in [1.82, 2.24) is 4.90 Å². The van der Waals surface area contributed by atoms with Crippen LogP contribution in [0.1, 0.15) is 5.56 Å². The molecule has 1 heterocycles. The van der Waals surface area contributed by atoms with Gasteiger partial charge in [-0.05, 0) is 42.1 Å². The van der Waals surface area contributed by atoms with E-state index in [1.54, 1.807) is 12.1 Å². The number of hydrogen-bond donors (Lipinski definition) is 1. The van der Waals surface area contributed by atoms with Gasteiger partial charge in [-0.2, -0.15) is 0 Å². The van der Waals surface area contributed by atoms with Crippen LogP contribution in [0, 0.1) is 10.1 Å². The second-order valence-corrected chi connectivity index (χ2v) is 7.94. The first-order chi connectivity index (χ1) is 14.7. The molecule has 31 heavy (non-hydrogen) atoms. The van der Waals surface area contributed by atoms with Gasteiger partial charge in [0.2, 0.25) is 5.91 Å². The highest BCUT2D eigenvalue weighted by molar-refractivity contribution is 8.18. The summed E-state index contributed by atoms with van der Waals surface area (Å²) in [5, 5.41) is 13.3. The number of nitro groups is 1. The first kappa shape index (κ1) is 22.6. The van der Waals surface area contributed by atoms with Crippen LogP contribution in [0.4, 0.5) is 16.2 Å². The zero-order valence-corrected chi connectivity index (χ0v) is 18.1. The molecular formula is C19H13Cl2N3O6S. The van der Waals surface area contributed by atoms with Crippen molar-refractivity contribution in [2.75, 3.05) is 19.0 Å². The molecule has 9 nitrogen and oxygen atoms in total. The highest BCUT2D eigenvalue weighted by Gasteiger charge is 2.36. The van der Waals surface area contributed by atoms with E-state index >= 15 is 0 Å². The molecule has 1 N–H and O–H groups in total. The number of thioether (sulfide) groups is 1. The molecule has 0 atom stereocenters. The van der Waals surface area contributed by atoms with Gasteiger partial charge < -0.3 is 10.1 Å². The average molecular weight is 482 g/mol. The van der Waals surface area contributed by atoms with Crippen molar-refractivity contribution in [2.24, 2.45) is 0 Å². The number of nitrogens with one attached hydrogen (secondary N) is 1. The van der Waals surface area contributed by atoms with Crippen molar-refractivity contribution in [2.45, 2.75) is 0 Å². The number of carbonyl (C=O) groups excluding carboxylic acids is 3. The summed E-state index contributed by atoms with van der Waals surface area (Å²) in [7, 11) is 1.45. The fraction of sp³-hybridized carbons (Fsp3) is 0.105. The summed E-state index contributed by atoms with van der Waals surface area (Å²) in [4.78, 5) is 48.2. The quantitative estimate of drug-likeness (QED) is 0.364. The summed E-state index contributed by atoms with van der Waals surface area (Å²) in [5.74, 6) is -0.894. The van der Waals surface area contributed by atoms with Crippen LogP contribution < -0.4 is 10.1 Å². The first-order valence-corrected chi connectivity index (χ1v) is 10.1. The molecule has 0 unspecified atom stereocenters. The van der Waals surface area contributed by atoms with Crippen LogP contribution in [0.5, 0.6) is 5.75 Å². The third-order valence-corrected chi connectivity index (χ3v) is 5.63. The van der Waals surface area contributed by atoms with Crippen LogP contribution >= 0.6 is 35.0 Å². The summed E-state index contributed by atoms with van der Waals surface area (Å²) in [6.07, 6.45) is 1.28. The van der Waals surface area contributed by atoms with Crippen molar-refractivity contribution in [1.29, 1.82) is 0 Å². The van der Waals surface area contributed by atoms with Gasteiger partial charge in [0.1, 0.15) is 12.3 Å². The molecule has 3 rings (SSSR count). The fourth-order valence-corrected chi connectivity index (χ4v) is 3.88. The molecule has 12 heteroatoms. The predicted molar refractivity (Wildman–Crippen MR) is 117 cm³/mol. The Kier molecular flexibility index (Phi) is 6.84. The van der Waals surface area contributed by atoms with Crippen LogP contribution in [-0.2, 0) is 9.59 Å². The van der Waals surface area contributed by atoms with Crippen LogP contribution in [-0.4, -0.2) is 40.5 Å². The molecule has 2 aromatic carbocycles. The lowest BCUT2D eigenvalue weighted by molar-refractivity contribution is -0.384. The predicted octanol–water partition coefficient (Wildman–Crippen LogP) is 4.59. The minimum atomic E-state index is -0.708. The van der Waals surface area contributed by atoms with Gasteiger partial charge in [0.25, 0.3) is 16.8 Å². The van der Waals surface area contributed by atoms with E-state index in [2.05, 4.69) is 5.32 Å². The summed E-state index contributed by atoms with van der Waals surface area (Å²) in [5.41, 5.74) is 0.354. The normalized spacial score (nSPS) is 14.8. The largest absolute Gasteiger partial charge is 0.495 e. The van der Waals surface area contributed by atoms with Gasteiger partial charge in [-0.25, -0.2) is 0 Å². The third kappa shape index (κ3) is 5.16. The number of nitro benzene ring substituents is 1. The lowest BCUT2D eigenvalue weighted by Gasteiger charge is -2.13. The lowest BCUT2D eigenvalue weighted by Crippen LogP contribution is -2.36.